The number of rotatable bonds is 14. The van der Waals surface area contributed by atoms with E-state index in [4.69, 9.17) is 9.47 Å². The third kappa shape index (κ3) is 11.1. The molecule has 6 nitrogen and oxygen atoms in total. The Hall–Kier alpha value is -3.97. The third-order valence-corrected chi connectivity index (χ3v) is 5.96. The first kappa shape index (κ1) is 29.6. The molecule has 0 bridgehead atoms. The Bertz CT molecular complexity index is 1210. The molecule has 0 saturated carbocycles. The van der Waals surface area contributed by atoms with Crippen LogP contribution in [-0.4, -0.2) is 24.5 Å². The fourth-order valence-corrected chi connectivity index (χ4v) is 3.85. The maximum atomic E-state index is 13.2. The molecule has 3 rings (SSSR count). The van der Waals surface area contributed by atoms with Crippen molar-refractivity contribution < 1.29 is 23.5 Å². The molecule has 0 aliphatic heterocycles. The topological polar surface area (TPSA) is 76.7 Å². The van der Waals surface area contributed by atoms with Gasteiger partial charge in [-0.1, -0.05) is 48.9 Å². The van der Waals surface area contributed by atoms with Crippen molar-refractivity contribution in [1.82, 2.24) is 5.32 Å². The van der Waals surface area contributed by atoms with E-state index in [1.54, 1.807) is 24.3 Å². The first-order valence-corrected chi connectivity index (χ1v) is 13.2. The quantitative estimate of drug-likeness (QED) is 0.219. The van der Waals surface area contributed by atoms with Crippen molar-refractivity contribution >= 4 is 17.5 Å². The van der Waals surface area contributed by atoms with Crippen molar-refractivity contribution in [3.05, 3.63) is 102 Å². The van der Waals surface area contributed by atoms with Crippen LogP contribution in [0.1, 0.15) is 45.6 Å². The van der Waals surface area contributed by atoms with Gasteiger partial charge in [0.25, 0.3) is 0 Å². The summed E-state index contributed by atoms with van der Waals surface area (Å²) in [4.78, 5) is 25.9. The number of nitrogens with one attached hydrogen (secondary N) is 2. The molecule has 0 aliphatic carbocycles. The average molecular weight is 533 g/mol. The number of halogens is 1. The van der Waals surface area contributed by atoms with E-state index >= 15 is 0 Å². The summed E-state index contributed by atoms with van der Waals surface area (Å²) in [5.41, 5.74) is 2.78. The molecular formula is C32H37FN2O4. The van der Waals surface area contributed by atoms with Gasteiger partial charge in [-0.3, -0.25) is 9.59 Å². The van der Waals surface area contributed by atoms with E-state index in [-0.39, 0.29) is 30.2 Å². The molecule has 2 N–H and O–H groups in total. The molecule has 7 heteroatoms. The first-order valence-electron chi connectivity index (χ1n) is 13.2. The molecule has 0 fully saturated rings. The van der Waals surface area contributed by atoms with E-state index in [2.05, 4.69) is 30.6 Å². The number of hydrogen-bond acceptors (Lipinski definition) is 4. The van der Waals surface area contributed by atoms with Gasteiger partial charge in [0.2, 0.25) is 11.8 Å². The van der Waals surface area contributed by atoms with Gasteiger partial charge in [-0.25, -0.2) is 4.39 Å². The average Bonchev–Trinajstić information content (AvgIpc) is 2.91. The van der Waals surface area contributed by atoms with Gasteiger partial charge in [0.15, 0.2) is 0 Å². The van der Waals surface area contributed by atoms with E-state index in [9.17, 15) is 14.0 Å². The minimum atomic E-state index is -0.860. The number of anilines is 1. The van der Waals surface area contributed by atoms with Gasteiger partial charge < -0.3 is 20.1 Å². The molecule has 39 heavy (non-hydrogen) atoms. The van der Waals surface area contributed by atoms with Crippen LogP contribution in [-0.2, 0) is 20.9 Å². The van der Waals surface area contributed by atoms with Crippen LogP contribution in [0.5, 0.6) is 11.5 Å². The minimum absolute atomic E-state index is 0.0321. The van der Waals surface area contributed by atoms with E-state index < -0.39 is 6.04 Å². The molecule has 2 amide bonds. The summed E-state index contributed by atoms with van der Waals surface area (Å²) in [7, 11) is 0. The third-order valence-electron chi connectivity index (χ3n) is 5.96. The summed E-state index contributed by atoms with van der Waals surface area (Å²) in [6, 6.07) is 21.3. The lowest BCUT2D eigenvalue weighted by Crippen LogP contribution is -2.47. The van der Waals surface area contributed by atoms with Crippen molar-refractivity contribution in [3.8, 4) is 11.5 Å². The number of amides is 2. The van der Waals surface area contributed by atoms with Crippen molar-refractivity contribution in [3.63, 3.8) is 0 Å². The zero-order valence-electron chi connectivity index (χ0n) is 22.8. The van der Waals surface area contributed by atoms with E-state index in [1.807, 2.05) is 37.3 Å². The van der Waals surface area contributed by atoms with Crippen LogP contribution in [0.2, 0.25) is 0 Å². The van der Waals surface area contributed by atoms with Crippen molar-refractivity contribution in [2.75, 3.05) is 11.9 Å². The predicted octanol–water partition coefficient (Wildman–Crippen LogP) is 7.03. The number of hydrogen-bond donors (Lipinski definition) is 2. The number of carbonyl (C=O) groups excluding carboxylic acids is 2. The van der Waals surface area contributed by atoms with Gasteiger partial charge in [-0.15, -0.1) is 0 Å². The van der Waals surface area contributed by atoms with Crippen LogP contribution < -0.4 is 15.4 Å². The summed E-state index contributed by atoms with van der Waals surface area (Å²) in [6.07, 6.45) is 4.31. The van der Waals surface area contributed by atoms with Gasteiger partial charge in [0.05, 0.1) is 13.2 Å². The predicted molar refractivity (Wildman–Crippen MR) is 152 cm³/mol. The summed E-state index contributed by atoms with van der Waals surface area (Å²) < 4.78 is 24.6. The zero-order valence-corrected chi connectivity index (χ0v) is 22.8. The standard InChI is InChI=1S/C32H37FN2O4/c1-23(2)8-7-9-24(3)20-31(36)35-30(22-38-21-25-10-5-4-6-11-25)32(37)34-27-14-18-29(19-15-27)39-28-16-12-26(33)13-17-28/h4-6,8,10-19,24,30H,7,9,20-22H2,1-3H3,(H,34,37)(H,35,36). The molecule has 2 unspecified atom stereocenters. The fourth-order valence-electron chi connectivity index (χ4n) is 3.85. The van der Waals surface area contributed by atoms with Crippen molar-refractivity contribution in [2.45, 2.75) is 52.7 Å². The van der Waals surface area contributed by atoms with Crippen LogP contribution in [0.15, 0.2) is 90.5 Å². The molecule has 0 aromatic heterocycles. The summed E-state index contributed by atoms with van der Waals surface area (Å²) in [5.74, 6) is 0.322. The number of allylic oxidation sites excluding steroid dienone is 2. The SMILES string of the molecule is CC(C)=CCCC(C)CC(=O)NC(COCc1ccccc1)C(=O)Nc1ccc(Oc2ccc(F)cc2)cc1. The highest BCUT2D eigenvalue weighted by Crippen LogP contribution is 2.23. The van der Waals surface area contributed by atoms with Crippen molar-refractivity contribution in [2.24, 2.45) is 5.92 Å². The second-order valence-corrected chi connectivity index (χ2v) is 9.86. The lowest BCUT2D eigenvalue weighted by atomic mass is 10.0. The van der Waals surface area contributed by atoms with Gasteiger partial charge in [-0.2, -0.15) is 0 Å². The smallest absolute Gasteiger partial charge is 0.249 e. The Morgan fingerprint density at radius 2 is 1.56 bits per heavy atom. The second kappa shape index (κ2) is 15.4. The molecule has 3 aromatic rings. The Kier molecular flexibility index (Phi) is 11.7. The van der Waals surface area contributed by atoms with Gasteiger partial charge in [0.1, 0.15) is 23.4 Å². The van der Waals surface area contributed by atoms with Gasteiger partial charge >= 0.3 is 0 Å². The molecule has 3 aromatic carbocycles. The Balaban J connectivity index is 1.59. The molecule has 206 valence electrons. The van der Waals surface area contributed by atoms with E-state index in [0.29, 0.717) is 30.2 Å². The summed E-state index contributed by atoms with van der Waals surface area (Å²) in [5, 5.41) is 5.70. The largest absolute Gasteiger partial charge is 0.457 e. The normalized spacial score (nSPS) is 12.2. The Labute approximate surface area is 230 Å². The van der Waals surface area contributed by atoms with Crippen LogP contribution >= 0.6 is 0 Å². The monoisotopic (exact) mass is 532 g/mol. The fraction of sp³-hybridized carbons (Fsp3) is 0.312. The van der Waals surface area contributed by atoms with Gasteiger partial charge in [0, 0.05) is 12.1 Å². The van der Waals surface area contributed by atoms with E-state index in [1.165, 1.54) is 29.8 Å². The lowest BCUT2D eigenvalue weighted by Gasteiger charge is -2.20. The molecule has 0 aliphatic rings. The first-order chi connectivity index (χ1) is 18.8. The molecule has 0 spiro atoms. The maximum Gasteiger partial charge on any atom is 0.249 e. The number of ether oxygens (including phenoxy) is 2. The highest BCUT2D eigenvalue weighted by molar-refractivity contribution is 5.97. The van der Waals surface area contributed by atoms with Crippen LogP contribution in [0, 0.1) is 11.7 Å². The molecule has 0 heterocycles. The van der Waals surface area contributed by atoms with Crippen molar-refractivity contribution in [1.29, 1.82) is 0 Å². The van der Waals surface area contributed by atoms with Crippen LogP contribution in [0.25, 0.3) is 0 Å². The number of carbonyl (C=O) groups is 2. The highest BCUT2D eigenvalue weighted by Gasteiger charge is 2.22. The summed E-state index contributed by atoms with van der Waals surface area (Å²) in [6.45, 7) is 6.51. The number of benzene rings is 3. The second-order valence-electron chi connectivity index (χ2n) is 9.86. The zero-order chi connectivity index (χ0) is 28.0. The molecule has 0 radical (unpaired) electrons. The Morgan fingerprint density at radius 3 is 2.21 bits per heavy atom. The minimum Gasteiger partial charge on any atom is -0.457 e. The summed E-state index contributed by atoms with van der Waals surface area (Å²) >= 11 is 0. The Morgan fingerprint density at radius 1 is 0.923 bits per heavy atom. The van der Waals surface area contributed by atoms with Crippen LogP contribution in [0.3, 0.4) is 0 Å². The molecule has 0 saturated heterocycles. The molecule has 2 atom stereocenters. The van der Waals surface area contributed by atoms with Gasteiger partial charge in [-0.05, 0) is 86.7 Å². The highest BCUT2D eigenvalue weighted by atomic mass is 19.1. The van der Waals surface area contributed by atoms with E-state index in [0.717, 1.165) is 18.4 Å². The van der Waals surface area contributed by atoms with Crippen LogP contribution in [0.4, 0.5) is 10.1 Å². The lowest BCUT2D eigenvalue weighted by molar-refractivity contribution is -0.128. The maximum absolute atomic E-state index is 13.2. The molecular weight excluding hydrogens is 495 g/mol.